The van der Waals surface area contributed by atoms with Gasteiger partial charge in [-0.25, -0.2) is 18.4 Å². The van der Waals surface area contributed by atoms with Crippen LogP contribution in [0.15, 0.2) is 89.5 Å². The first-order valence-electron chi connectivity index (χ1n) is 12.5. The quantitative estimate of drug-likeness (QED) is 0.263. The lowest BCUT2D eigenvalue weighted by atomic mass is 9.99. The summed E-state index contributed by atoms with van der Waals surface area (Å²) in [6.45, 7) is 3.71. The Bertz CT molecular complexity index is 1690. The molecule has 1 aromatic heterocycles. The van der Waals surface area contributed by atoms with Crippen LogP contribution in [0.5, 0.6) is 0 Å². The van der Waals surface area contributed by atoms with E-state index in [9.17, 15) is 13.2 Å². The molecule has 10 heteroatoms. The van der Waals surface area contributed by atoms with Crippen molar-refractivity contribution in [3.63, 3.8) is 0 Å². The van der Waals surface area contributed by atoms with Gasteiger partial charge in [0.2, 0.25) is 16.8 Å². The van der Waals surface area contributed by atoms with Gasteiger partial charge in [0, 0.05) is 22.8 Å². The molecule has 0 fully saturated rings. The monoisotopic (exact) mass is 578 g/mol. The lowest BCUT2D eigenvalue weighted by Crippen LogP contribution is -2.12. The zero-order valence-corrected chi connectivity index (χ0v) is 23.5. The van der Waals surface area contributed by atoms with Gasteiger partial charge in [0.15, 0.2) is 5.76 Å². The molecule has 0 saturated heterocycles. The summed E-state index contributed by atoms with van der Waals surface area (Å²) in [6.07, 6.45) is 0.450. The molecule has 2 N–H and O–H groups in total. The summed E-state index contributed by atoms with van der Waals surface area (Å²) in [5.74, 6) is 0.487. The Kier molecular flexibility index (Phi) is 7.71. The fraction of sp³-hybridized carbons (Fsp3) is 0.167. The molecule has 1 aliphatic rings. The molecule has 0 aliphatic carbocycles. The van der Waals surface area contributed by atoms with Gasteiger partial charge in [-0.1, -0.05) is 54.1 Å². The van der Waals surface area contributed by atoms with Crippen LogP contribution in [0.3, 0.4) is 0 Å². The van der Waals surface area contributed by atoms with Crippen LogP contribution in [0.2, 0.25) is 5.02 Å². The van der Waals surface area contributed by atoms with Crippen LogP contribution in [0.25, 0.3) is 22.7 Å². The van der Waals surface area contributed by atoms with Crippen molar-refractivity contribution in [2.75, 3.05) is 13.4 Å². The second kappa shape index (κ2) is 11.2. The van der Waals surface area contributed by atoms with E-state index >= 15 is 0 Å². The van der Waals surface area contributed by atoms with E-state index in [0.29, 0.717) is 51.2 Å². The maximum absolute atomic E-state index is 13.5. The molecule has 0 radical (unpaired) electrons. The van der Waals surface area contributed by atoms with Crippen LogP contribution in [-0.4, -0.2) is 32.4 Å². The normalized spacial score (nSPS) is 13.2. The lowest BCUT2D eigenvalue weighted by Gasteiger charge is -2.15. The number of ether oxygens (including phenoxy) is 3. The van der Waals surface area contributed by atoms with E-state index in [1.54, 1.807) is 38.1 Å². The number of halogens is 1. The molecule has 8 nitrogen and oxygen atoms in total. The number of hydrogen-bond acceptors (Lipinski definition) is 6. The number of benzene rings is 3. The average molecular weight is 579 g/mol. The molecule has 0 bridgehead atoms. The van der Waals surface area contributed by atoms with Crippen LogP contribution in [0.4, 0.5) is 0 Å². The number of aromatic nitrogens is 1. The topological polar surface area (TPSA) is 110 Å². The summed E-state index contributed by atoms with van der Waals surface area (Å²) >= 11 is 6.22. The van der Waals surface area contributed by atoms with Crippen LogP contribution in [0, 0.1) is 6.92 Å². The highest BCUT2D eigenvalue weighted by molar-refractivity contribution is 7.89. The Balaban J connectivity index is 1.82. The minimum Gasteiger partial charge on any atom is -0.462 e. The molecule has 3 aromatic carbocycles. The van der Waals surface area contributed by atoms with E-state index in [0.717, 1.165) is 11.1 Å². The molecule has 0 spiro atoms. The fourth-order valence-corrected chi connectivity index (χ4v) is 5.42. The molecule has 2 heterocycles. The first-order chi connectivity index (χ1) is 19.2. The van der Waals surface area contributed by atoms with E-state index in [4.69, 9.17) is 31.0 Å². The van der Waals surface area contributed by atoms with E-state index in [-0.39, 0.29) is 18.3 Å². The fourth-order valence-electron chi connectivity index (χ4n) is 4.78. The van der Waals surface area contributed by atoms with Crippen molar-refractivity contribution in [2.45, 2.75) is 25.2 Å². The highest BCUT2D eigenvalue weighted by atomic mass is 35.5. The van der Waals surface area contributed by atoms with Gasteiger partial charge in [0.25, 0.3) is 0 Å². The number of carbonyl (C=O) groups excluding carboxylic acids is 1. The largest absolute Gasteiger partial charge is 0.462 e. The summed E-state index contributed by atoms with van der Waals surface area (Å²) in [5, 5.41) is 5.88. The molecular formula is C30H27ClN2O6S. The lowest BCUT2D eigenvalue weighted by molar-refractivity contribution is 0.0523. The van der Waals surface area contributed by atoms with Gasteiger partial charge in [-0.05, 0) is 61.4 Å². The second-order valence-corrected chi connectivity index (χ2v) is 11.1. The molecule has 0 saturated carbocycles. The van der Waals surface area contributed by atoms with Crippen LogP contribution in [-0.2, 0) is 30.7 Å². The highest BCUT2D eigenvalue weighted by Crippen LogP contribution is 2.43. The Hall–Kier alpha value is -4.05. The summed E-state index contributed by atoms with van der Waals surface area (Å²) in [6, 6.07) is 23.1. The SMILES string of the molecule is CCOC(=O)c1c(C2=C(Cc3ccccc3)OCO2)c(-c2ccc(Cl)cc2)n(-c2ccc(S(N)(=O)=O)cc2)c1C. The summed E-state index contributed by atoms with van der Waals surface area (Å²) < 4.78 is 43.2. The molecule has 0 unspecified atom stereocenters. The van der Waals surface area contributed by atoms with Gasteiger partial charge < -0.3 is 18.8 Å². The Morgan fingerprint density at radius 3 is 2.30 bits per heavy atom. The van der Waals surface area contributed by atoms with Crippen molar-refractivity contribution in [3.05, 3.63) is 112 Å². The van der Waals surface area contributed by atoms with Crippen molar-refractivity contribution >= 4 is 33.4 Å². The summed E-state index contributed by atoms with van der Waals surface area (Å²) in [4.78, 5) is 13.5. The first kappa shape index (κ1) is 27.5. The Labute approximate surface area is 237 Å². The van der Waals surface area contributed by atoms with E-state index < -0.39 is 16.0 Å². The third-order valence-electron chi connectivity index (χ3n) is 6.55. The standard InChI is InChI=1S/C30H27ClN2O6S/c1-3-37-30(34)26-19(2)33(23-13-15-24(16-14-23)40(32,35)36)28(21-9-11-22(31)12-10-21)27(26)29-25(38-18-39-29)17-20-7-5-4-6-8-20/h4-16H,3,17-18H2,1-2H3,(H2,32,35,36). The van der Waals surface area contributed by atoms with E-state index in [1.807, 2.05) is 47.0 Å². The molecular weight excluding hydrogens is 552 g/mol. The maximum Gasteiger partial charge on any atom is 0.340 e. The minimum absolute atomic E-state index is 0.00684. The van der Waals surface area contributed by atoms with Gasteiger partial charge in [0.1, 0.15) is 5.76 Å². The molecule has 1 aliphatic heterocycles. The van der Waals surface area contributed by atoms with Gasteiger partial charge in [-0.3, -0.25) is 0 Å². The van der Waals surface area contributed by atoms with Crippen molar-refractivity contribution in [1.82, 2.24) is 4.57 Å². The smallest absolute Gasteiger partial charge is 0.340 e. The number of sulfonamides is 1. The molecule has 0 atom stereocenters. The Morgan fingerprint density at radius 2 is 1.68 bits per heavy atom. The predicted molar refractivity (Wildman–Crippen MR) is 152 cm³/mol. The van der Waals surface area contributed by atoms with Crippen molar-refractivity contribution in [3.8, 4) is 16.9 Å². The number of allylic oxidation sites excluding steroid dienone is 1. The molecule has 40 heavy (non-hydrogen) atoms. The van der Waals surface area contributed by atoms with E-state index in [1.165, 1.54) is 12.1 Å². The Morgan fingerprint density at radius 1 is 1.00 bits per heavy atom. The number of nitrogens with two attached hydrogens (primary N) is 1. The molecule has 0 amide bonds. The number of hydrogen-bond donors (Lipinski definition) is 1. The third kappa shape index (κ3) is 5.36. The number of rotatable bonds is 8. The summed E-state index contributed by atoms with van der Waals surface area (Å²) in [5.41, 5.74) is 4.40. The average Bonchev–Trinajstić information content (AvgIpc) is 3.50. The molecule has 206 valence electrons. The first-order valence-corrected chi connectivity index (χ1v) is 14.5. The number of primary sulfonamides is 1. The number of nitrogens with zero attached hydrogens (tertiary/aromatic N) is 1. The number of esters is 1. The summed E-state index contributed by atoms with van der Waals surface area (Å²) in [7, 11) is -3.89. The number of carbonyl (C=O) groups is 1. The van der Waals surface area contributed by atoms with Crippen LogP contribution >= 0.6 is 11.6 Å². The van der Waals surface area contributed by atoms with Gasteiger partial charge >= 0.3 is 5.97 Å². The van der Waals surface area contributed by atoms with Crippen LogP contribution < -0.4 is 5.14 Å². The zero-order valence-electron chi connectivity index (χ0n) is 21.9. The maximum atomic E-state index is 13.5. The van der Waals surface area contributed by atoms with Crippen molar-refractivity contribution in [2.24, 2.45) is 5.14 Å². The van der Waals surface area contributed by atoms with Crippen molar-refractivity contribution in [1.29, 1.82) is 0 Å². The molecule has 4 aromatic rings. The van der Waals surface area contributed by atoms with Gasteiger partial charge in [0.05, 0.1) is 28.3 Å². The molecule has 5 rings (SSSR count). The highest BCUT2D eigenvalue weighted by Gasteiger charge is 2.34. The van der Waals surface area contributed by atoms with Crippen molar-refractivity contribution < 1.29 is 27.4 Å². The minimum atomic E-state index is -3.89. The zero-order chi connectivity index (χ0) is 28.4. The third-order valence-corrected chi connectivity index (χ3v) is 7.73. The van der Waals surface area contributed by atoms with Gasteiger partial charge in [-0.15, -0.1) is 0 Å². The van der Waals surface area contributed by atoms with Gasteiger partial charge in [-0.2, -0.15) is 0 Å². The predicted octanol–water partition coefficient (Wildman–Crippen LogP) is 5.85. The second-order valence-electron chi connectivity index (χ2n) is 9.11. The van der Waals surface area contributed by atoms with Crippen LogP contribution in [0.1, 0.15) is 34.1 Å². The van der Waals surface area contributed by atoms with E-state index in [2.05, 4.69) is 0 Å².